The van der Waals surface area contributed by atoms with Crippen LogP contribution in [0.25, 0.3) is 0 Å². The van der Waals surface area contributed by atoms with Crippen molar-refractivity contribution in [3.05, 3.63) is 40.5 Å². The molecule has 0 atom stereocenters. The fraction of sp³-hybridized carbons (Fsp3) is 0.0909. The highest BCUT2D eigenvalue weighted by atomic mass is 35.5. The lowest BCUT2D eigenvalue weighted by Gasteiger charge is -2.05. The third kappa shape index (κ3) is 2.75. The van der Waals surface area contributed by atoms with Crippen molar-refractivity contribution >= 4 is 28.8 Å². The highest BCUT2D eigenvalue weighted by Crippen LogP contribution is 2.26. The highest BCUT2D eigenvalue weighted by Gasteiger charge is 2.06. The second kappa shape index (κ2) is 4.73. The van der Waals surface area contributed by atoms with Gasteiger partial charge in [0, 0.05) is 23.4 Å². The summed E-state index contributed by atoms with van der Waals surface area (Å²) in [6.45, 7) is 1.89. The number of aryl methyl sites for hydroxylation is 1. The second-order valence-corrected chi connectivity index (χ2v) is 4.34. The van der Waals surface area contributed by atoms with E-state index in [0.717, 1.165) is 5.69 Å². The predicted octanol–water partition coefficient (Wildman–Crippen LogP) is 2.80. The van der Waals surface area contributed by atoms with Gasteiger partial charge in [-0.3, -0.25) is 5.10 Å². The van der Waals surface area contributed by atoms with Crippen molar-refractivity contribution in [2.24, 2.45) is 5.73 Å². The van der Waals surface area contributed by atoms with Crippen LogP contribution in [0.3, 0.4) is 0 Å². The molecule has 2 aromatic rings. The molecule has 0 amide bonds. The Kier molecular flexibility index (Phi) is 3.31. The number of H-pyrrole nitrogens is 1. The minimum Gasteiger partial charge on any atom is -0.437 e. The zero-order valence-corrected chi connectivity index (χ0v) is 10.6. The summed E-state index contributed by atoms with van der Waals surface area (Å²) in [6, 6.07) is 6.90. The number of benzene rings is 1. The number of thiocarbonyl (C=S) groups is 1. The highest BCUT2D eigenvalue weighted by molar-refractivity contribution is 7.80. The van der Waals surface area contributed by atoms with Gasteiger partial charge in [-0.2, -0.15) is 0 Å². The minimum atomic E-state index is 0.261. The Morgan fingerprint density at radius 1 is 1.47 bits per heavy atom. The Bertz CT molecular complexity index is 568. The molecule has 0 saturated heterocycles. The third-order valence-corrected chi connectivity index (χ3v) is 2.64. The van der Waals surface area contributed by atoms with Gasteiger partial charge in [0.2, 0.25) is 5.88 Å². The first-order valence-corrected chi connectivity index (χ1v) is 5.64. The van der Waals surface area contributed by atoms with Crippen molar-refractivity contribution in [2.75, 3.05) is 0 Å². The van der Waals surface area contributed by atoms with Crippen molar-refractivity contribution in [1.29, 1.82) is 0 Å². The SMILES string of the molecule is Cc1cc(Oc2ccc(C(N)=S)c(Cl)c2)n[nH]1. The molecule has 0 aliphatic rings. The molecule has 0 bridgehead atoms. The van der Waals surface area contributed by atoms with E-state index in [1.54, 1.807) is 24.3 Å². The monoisotopic (exact) mass is 267 g/mol. The summed E-state index contributed by atoms with van der Waals surface area (Å²) in [5.41, 5.74) is 7.06. The van der Waals surface area contributed by atoms with Crippen LogP contribution < -0.4 is 10.5 Å². The first-order chi connectivity index (χ1) is 8.06. The molecule has 3 N–H and O–H groups in total. The van der Waals surface area contributed by atoms with E-state index >= 15 is 0 Å². The largest absolute Gasteiger partial charge is 0.437 e. The maximum atomic E-state index is 6.02. The van der Waals surface area contributed by atoms with Gasteiger partial charge in [-0.25, -0.2) is 0 Å². The van der Waals surface area contributed by atoms with Crippen molar-refractivity contribution in [1.82, 2.24) is 10.2 Å². The zero-order chi connectivity index (χ0) is 12.4. The van der Waals surface area contributed by atoms with Gasteiger partial charge in [-0.1, -0.05) is 23.8 Å². The number of aromatic amines is 1. The Balaban J connectivity index is 2.23. The van der Waals surface area contributed by atoms with Crippen molar-refractivity contribution in [3.8, 4) is 11.6 Å². The first-order valence-electron chi connectivity index (χ1n) is 4.85. The van der Waals surface area contributed by atoms with Crippen LogP contribution in [-0.4, -0.2) is 15.2 Å². The number of rotatable bonds is 3. The fourth-order valence-corrected chi connectivity index (χ4v) is 1.83. The van der Waals surface area contributed by atoms with Gasteiger partial charge in [0.05, 0.1) is 5.02 Å². The first kappa shape index (κ1) is 11.9. The molecule has 0 saturated carbocycles. The van der Waals surface area contributed by atoms with Crippen LogP contribution in [0, 0.1) is 6.92 Å². The zero-order valence-electron chi connectivity index (χ0n) is 9.03. The summed E-state index contributed by atoms with van der Waals surface area (Å²) < 4.78 is 5.50. The average molecular weight is 268 g/mol. The second-order valence-electron chi connectivity index (χ2n) is 3.50. The van der Waals surface area contributed by atoms with Gasteiger partial charge in [0.1, 0.15) is 10.7 Å². The molecule has 0 unspecified atom stereocenters. The number of nitrogens with one attached hydrogen (secondary N) is 1. The molecule has 0 fully saturated rings. The molecule has 1 aromatic heterocycles. The maximum absolute atomic E-state index is 6.02. The van der Waals surface area contributed by atoms with Crippen molar-refractivity contribution < 1.29 is 4.74 Å². The van der Waals surface area contributed by atoms with Gasteiger partial charge < -0.3 is 10.5 Å². The molecule has 1 aromatic carbocycles. The third-order valence-electron chi connectivity index (χ3n) is 2.11. The minimum absolute atomic E-state index is 0.261. The van der Waals surface area contributed by atoms with Crippen LogP contribution in [-0.2, 0) is 0 Å². The van der Waals surface area contributed by atoms with Gasteiger partial charge in [0.25, 0.3) is 0 Å². The lowest BCUT2D eigenvalue weighted by molar-refractivity contribution is 0.461. The summed E-state index contributed by atoms with van der Waals surface area (Å²) in [5, 5.41) is 7.20. The van der Waals surface area contributed by atoms with Gasteiger partial charge >= 0.3 is 0 Å². The normalized spacial score (nSPS) is 10.2. The molecule has 0 aliphatic carbocycles. The number of nitrogens with two attached hydrogens (primary N) is 1. The number of aromatic nitrogens is 2. The predicted molar refractivity (Wildman–Crippen MR) is 70.7 cm³/mol. The van der Waals surface area contributed by atoms with Crippen LogP contribution in [0.4, 0.5) is 0 Å². The molecular weight excluding hydrogens is 258 g/mol. The summed E-state index contributed by atoms with van der Waals surface area (Å²) >= 11 is 10.9. The van der Waals surface area contributed by atoms with E-state index in [4.69, 9.17) is 34.3 Å². The molecular formula is C11H10ClN3OS. The van der Waals surface area contributed by atoms with Crippen LogP contribution in [0.2, 0.25) is 5.02 Å². The fourth-order valence-electron chi connectivity index (χ4n) is 1.33. The molecule has 4 nitrogen and oxygen atoms in total. The Morgan fingerprint density at radius 3 is 2.76 bits per heavy atom. The standard InChI is InChI=1S/C11H10ClN3OS/c1-6-4-10(15-14-6)16-7-2-3-8(11(13)17)9(12)5-7/h2-5H,1H3,(H2,13,17)(H,14,15). The quantitative estimate of drug-likeness (QED) is 0.840. The summed E-state index contributed by atoms with van der Waals surface area (Å²) in [7, 11) is 0. The maximum Gasteiger partial charge on any atom is 0.238 e. The van der Waals surface area contributed by atoms with Crippen LogP contribution in [0.1, 0.15) is 11.3 Å². The Labute approximate surface area is 109 Å². The Hall–Kier alpha value is -1.59. The van der Waals surface area contributed by atoms with E-state index in [9.17, 15) is 0 Å². The molecule has 2 rings (SSSR count). The number of ether oxygens (including phenoxy) is 1. The van der Waals surface area contributed by atoms with Crippen LogP contribution >= 0.6 is 23.8 Å². The van der Waals surface area contributed by atoms with Crippen LogP contribution in [0.15, 0.2) is 24.3 Å². The molecule has 0 radical (unpaired) electrons. The molecule has 0 aliphatic heterocycles. The summed E-state index contributed by atoms with van der Waals surface area (Å²) in [6.07, 6.45) is 0. The number of halogens is 1. The molecule has 6 heteroatoms. The lowest BCUT2D eigenvalue weighted by atomic mass is 10.2. The molecule has 17 heavy (non-hydrogen) atoms. The summed E-state index contributed by atoms with van der Waals surface area (Å²) in [5.74, 6) is 1.07. The van der Waals surface area contributed by atoms with Gasteiger partial charge in [0.15, 0.2) is 0 Å². The molecule has 88 valence electrons. The topological polar surface area (TPSA) is 63.9 Å². The number of hydrogen-bond acceptors (Lipinski definition) is 3. The van der Waals surface area contributed by atoms with Crippen molar-refractivity contribution in [3.63, 3.8) is 0 Å². The van der Waals surface area contributed by atoms with Gasteiger partial charge in [-0.15, -0.1) is 5.10 Å². The van der Waals surface area contributed by atoms with E-state index in [1.165, 1.54) is 0 Å². The molecule has 1 heterocycles. The van der Waals surface area contributed by atoms with E-state index in [-0.39, 0.29) is 4.99 Å². The lowest BCUT2D eigenvalue weighted by Crippen LogP contribution is -2.09. The van der Waals surface area contributed by atoms with E-state index in [2.05, 4.69) is 10.2 Å². The number of nitrogens with zero attached hydrogens (tertiary/aromatic N) is 1. The smallest absolute Gasteiger partial charge is 0.238 e. The van der Waals surface area contributed by atoms with Crippen LogP contribution in [0.5, 0.6) is 11.6 Å². The average Bonchev–Trinajstić information content (AvgIpc) is 2.63. The van der Waals surface area contributed by atoms with Gasteiger partial charge in [-0.05, 0) is 19.1 Å². The van der Waals surface area contributed by atoms with Crippen molar-refractivity contribution in [2.45, 2.75) is 6.92 Å². The number of hydrogen-bond donors (Lipinski definition) is 2. The molecule has 0 spiro atoms. The summed E-state index contributed by atoms with van der Waals surface area (Å²) in [4.78, 5) is 0.261. The van der Waals surface area contributed by atoms with E-state index in [1.807, 2.05) is 6.92 Å². The Morgan fingerprint density at radius 2 is 2.24 bits per heavy atom. The van der Waals surface area contributed by atoms with E-state index in [0.29, 0.717) is 22.2 Å². The van der Waals surface area contributed by atoms with E-state index < -0.39 is 0 Å².